The minimum atomic E-state index is -0.429. The van der Waals surface area contributed by atoms with Crippen molar-refractivity contribution in [2.24, 2.45) is 0 Å². The van der Waals surface area contributed by atoms with Crippen molar-refractivity contribution in [1.82, 2.24) is 5.32 Å². The fraction of sp³-hybridized carbons (Fsp3) is 0.0588. The molecule has 1 N–H and O–H groups in total. The van der Waals surface area contributed by atoms with Gasteiger partial charge in [0.05, 0.1) is 9.93 Å². The Kier molecular flexibility index (Phi) is 4.87. The molecule has 0 bridgehead atoms. The minimum absolute atomic E-state index is 0.150. The number of para-hydroxylation sites is 1. The van der Waals surface area contributed by atoms with E-state index >= 15 is 0 Å². The van der Waals surface area contributed by atoms with Gasteiger partial charge in [0.15, 0.2) is 0 Å². The topological polar surface area (TPSA) is 55.4 Å². The molecule has 0 saturated carbocycles. The number of nitrogens with one attached hydrogen (secondary N) is 1. The number of rotatable bonds is 4. The zero-order valence-electron chi connectivity index (χ0n) is 12.2. The molecule has 4 nitrogen and oxygen atoms in total. The van der Waals surface area contributed by atoms with E-state index in [0.29, 0.717) is 21.8 Å². The highest BCUT2D eigenvalue weighted by atomic mass is 35.5. The second kappa shape index (κ2) is 7.07. The zero-order valence-corrected chi connectivity index (χ0v) is 13.8. The standard InChI is InChI=1S/C17H11ClFNO3S/c18-13-8-12(19)6-5-11(13)9-23-14-4-2-1-3-10(14)7-15-16(21)20-17(22)24-15/h1-8H,9H2,(H,20,21,22)/b15-7-. The third-order valence-electron chi connectivity index (χ3n) is 3.25. The first-order valence-corrected chi connectivity index (χ1v) is 8.13. The van der Waals surface area contributed by atoms with E-state index < -0.39 is 17.0 Å². The van der Waals surface area contributed by atoms with Crippen LogP contribution in [0.15, 0.2) is 47.4 Å². The molecule has 1 heterocycles. The second-order valence-corrected chi connectivity index (χ2v) is 6.34. The van der Waals surface area contributed by atoms with Gasteiger partial charge in [0.2, 0.25) is 0 Å². The molecule has 0 radical (unpaired) electrons. The van der Waals surface area contributed by atoms with Crippen LogP contribution in [-0.4, -0.2) is 11.1 Å². The molecular formula is C17H11ClFNO3S. The summed E-state index contributed by atoms with van der Waals surface area (Å²) >= 11 is 6.82. The lowest BCUT2D eigenvalue weighted by molar-refractivity contribution is -0.115. The first kappa shape index (κ1) is 16.5. The van der Waals surface area contributed by atoms with E-state index in [1.165, 1.54) is 12.1 Å². The number of benzene rings is 2. The Labute approximate surface area is 146 Å². The van der Waals surface area contributed by atoms with Gasteiger partial charge in [-0.1, -0.05) is 35.9 Å². The first-order chi connectivity index (χ1) is 11.5. The van der Waals surface area contributed by atoms with Crippen LogP contribution in [0.25, 0.3) is 6.08 Å². The number of thioether (sulfide) groups is 1. The molecule has 0 unspecified atom stereocenters. The molecule has 0 spiro atoms. The molecule has 122 valence electrons. The molecule has 2 aromatic carbocycles. The molecule has 1 aliphatic rings. The van der Waals surface area contributed by atoms with Crippen molar-refractivity contribution in [2.75, 3.05) is 0 Å². The number of hydrogen-bond donors (Lipinski definition) is 1. The highest BCUT2D eigenvalue weighted by Gasteiger charge is 2.25. The van der Waals surface area contributed by atoms with E-state index in [4.69, 9.17) is 16.3 Å². The molecule has 7 heteroatoms. The monoisotopic (exact) mass is 363 g/mol. The number of ether oxygens (including phenoxy) is 1. The van der Waals surface area contributed by atoms with Gasteiger partial charge >= 0.3 is 0 Å². The Bertz CT molecular complexity index is 853. The SMILES string of the molecule is O=C1NC(=O)/C(=C/c2ccccc2OCc2ccc(F)cc2Cl)S1. The fourth-order valence-electron chi connectivity index (χ4n) is 2.09. The summed E-state index contributed by atoms with van der Waals surface area (Å²) < 4.78 is 18.8. The van der Waals surface area contributed by atoms with Crippen molar-refractivity contribution in [3.8, 4) is 5.75 Å². The van der Waals surface area contributed by atoms with Crippen molar-refractivity contribution in [3.63, 3.8) is 0 Å². The van der Waals surface area contributed by atoms with Gasteiger partial charge < -0.3 is 4.74 Å². The van der Waals surface area contributed by atoms with Crippen LogP contribution in [-0.2, 0) is 11.4 Å². The normalized spacial score (nSPS) is 15.7. The number of carbonyl (C=O) groups is 2. The first-order valence-electron chi connectivity index (χ1n) is 6.93. The molecule has 2 amide bonds. The van der Waals surface area contributed by atoms with Gasteiger partial charge in [0.25, 0.3) is 11.1 Å². The summed E-state index contributed by atoms with van der Waals surface area (Å²) in [6.45, 7) is 0.150. The molecule has 2 aromatic rings. The molecule has 1 saturated heterocycles. The van der Waals surface area contributed by atoms with Gasteiger partial charge in [-0.05, 0) is 36.0 Å². The molecule has 1 fully saturated rings. The number of amides is 2. The van der Waals surface area contributed by atoms with E-state index in [-0.39, 0.29) is 11.6 Å². The van der Waals surface area contributed by atoms with Gasteiger partial charge in [-0.25, -0.2) is 4.39 Å². The van der Waals surface area contributed by atoms with Gasteiger partial charge in [-0.15, -0.1) is 0 Å². The molecule has 0 atom stereocenters. The number of hydrogen-bond acceptors (Lipinski definition) is 4. The van der Waals surface area contributed by atoms with Crippen molar-refractivity contribution in [1.29, 1.82) is 0 Å². The summed E-state index contributed by atoms with van der Waals surface area (Å²) in [5.74, 6) is -0.317. The second-order valence-electron chi connectivity index (χ2n) is 4.91. The van der Waals surface area contributed by atoms with E-state index in [0.717, 1.165) is 11.8 Å². The Balaban J connectivity index is 1.81. The molecule has 0 aliphatic carbocycles. The maximum Gasteiger partial charge on any atom is 0.290 e. The Morgan fingerprint density at radius 2 is 2.00 bits per heavy atom. The lowest BCUT2D eigenvalue weighted by Crippen LogP contribution is -2.17. The average Bonchev–Trinajstić information content (AvgIpc) is 2.85. The predicted molar refractivity (Wildman–Crippen MR) is 91.3 cm³/mol. The average molecular weight is 364 g/mol. The lowest BCUT2D eigenvalue weighted by Gasteiger charge is -2.10. The van der Waals surface area contributed by atoms with Crippen LogP contribution in [0.2, 0.25) is 5.02 Å². The van der Waals surface area contributed by atoms with Gasteiger partial charge in [0.1, 0.15) is 18.2 Å². The Morgan fingerprint density at radius 1 is 1.21 bits per heavy atom. The van der Waals surface area contributed by atoms with Crippen molar-refractivity contribution < 1.29 is 18.7 Å². The molecule has 3 rings (SSSR count). The molecule has 0 aromatic heterocycles. The van der Waals surface area contributed by atoms with E-state index in [9.17, 15) is 14.0 Å². The summed E-state index contributed by atoms with van der Waals surface area (Å²) in [4.78, 5) is 23.2. The number of halogens is 2. The molecular weight excluding hydrogens is 353 g/mol. The van der Waals surface area contributed by atoms with Crippen LogP contribution >= 0.6 is 23.4 Å². The zero-order chi connectivity index (χ0) is 17.1. The summed E-state index contributed by atoms with van der Waals surface area (Å²) in [6, 6.07) is 11.2. The Hall–Kier alpha value is -2.31. The van der Waals surface area contributed by atoms with Crippen LogP contribution in [0, 0.1) is 5.82 Å². The van der Waals surface area contributed by atoms with Gasteiger partial charge in [0, 0.05) is 11.1 Å². The minimum Gasteiger partial charge on any atom is -0.488 e. The summed E-state index contributed by atoms with van der Waals surface area (Å²) in [7, 11) is 0. The number of carbonyl (C=O) groups excluding carboxylic acids is 2. The molecule has 24 heavy (non-hydrogen) atoms. The maximum absolute atomic E-state index is 13.1. The third kappa shape index (κ3) is 3.77. The summed E-state index contributed by atoms with van der Waals surface area (Å²) in [5.41, 5.74) is 1.30. The lowest BCUT2D eigenvalue weighted by atomic mass is 10.2. The van der Waals surface area contributed by atoms with Crippen LogP contribution in [0.5, 0.6) is 5.75 Å². The smallest absolute Gasteiger partial charge is 0.290 e. The van der Waals surface area contributed by atoms with E-state index in [1.54, 1.807) is 36.4 Å². The van der Waals surface area contributed by atoms with Crippen molar-refractivity contribution in [2.45, 2.75) is 6.61 Å². The number of imide groups is 1. The van der Waals surface area contributed by atoms with Gasteiger partial charge in [-0.3, -0.25) is 14.9 Å². The van der Waals surface area contributed by atoms with Crippen LogP contribution < -0.4 is 10.1 Å². The van der Waals surface area contributed by atoms with Crippen LogP contribution in [0.3, 0.4) is 0 Å². The largest absolute Gasteiger partial charge is 0.488 e. The molecule has 1 aliphatic heterocycles. The van der Waals surface area contributed by atoms with E-state index in [2.05, 4.69) is 5.32 Å². The quantitative estimate of drug-likeness (QED) is 0.819. The predicted octanol–water partition coefficient (Wildman–Crippen LogP) is 4.38. The highest BCUT2D eigenvalue weighted by molar-refractivity contribution is 8.18. The summed E-state index contributed by atoms with van der Waals surface area (Å²) in [5, 5.41) is 2.08. The van der Waals surface area contributed by atoms with Crippen LogP contribution in [0.4, 0.5) is 9.18 Å². The third-order valence-corrected chi connectivity index (χ3v) is 4.41. The fourth-order valence-corrected chi connectivity index (χ4v) is 2.98. The Morgan fingerprint density at radius 3 is 2.71 bits per heavy atom. The highest BCUT2D eigenvalue weighted by Crippen LogP contribution is 2.29. The van der Waals surface area contributed by atoms with Crippen molar-refractivity contribution >= 4 is 40.6 Å². The van der Waals surface area contributed by atoms with Crippen LogP contribution in [0.1, 0.15) is 11.1 Å². The summed E-state index contributed by atoms with van der Waals surface area (Å²) in [6.07, 6.45) is 1.59. The van der Waals surface area contributed by atoms with Crippen molar-refractivity contribution in [3.05, 3.63) is 69.3 Å². The maximum atomic E-state index is 13.1. The van der Waals surface area contributed by atoms with Gasteiger partial charge in [-0.2, -0.15) is 0 Å². The van der Waals surface area contributed by atoms with E-state index in [1.807, 2.05) is 0 Å².